The van der Waals surface area contributed by atoms with Crippen LogP contribution in [0.15, 0.2) is 36.5 Å². The number of aromatic hydroxyl groups is 1. The van der Waals surface area contributed by atoms with Crippen LogP contribution in [-0.2, 0) is 0 Å². The van der Waals surface area contributed by atoms with Crippen molar-refractivity contribution in [3.63, 3.8) is 0 Å². The van der Waals surface area contributed by atoms with Crippen LogP contribution in [0, 0.1) is 11.6 Å². The number of carbonyl (C=O) groups excluding carboxylic acids is 1. The lowest BCUT2D eigenvalue weighted by atomic mass is 10.2. The summed E-state index contributed by atoms with van der Waals surface area (Å²) in [5.41, 5.74) is -0.0704. The topological polar surface area (TPSA) is 62.2 Å². The van der Waals surface area contributed by atoms with Crippen LogP contribution in [0.3, 0.4) is 0 Å². The van der Waals surface area contributed by atoms with Gasteiger partial charge in [0.05, 0.1) is 0 Å². The molecule has 0 fully saturated rings. The van der Waals surface area contributed by atoms with E-state index in [1.54, 1.807) is 0 Å². The number of benzene rings is 1. The predicted molar refractivity (Wildman–Crippen MR) is 60.2 cm³/mol. The first kappa shape index (κ1) is 12.0. The molecule has 0 unspecified atom stereocenters. The quantitative estimate of drug-likeness (QED) is 0.859. The molecule has 0 aliphatic rings. The van der Waals surface area contributed by atoms with Gasteiger partial charge in [-0.15, -0.1) is 0 Å². The van der Waals surface area contributed by atoms with Crippen LogP contribution in [0.2, 0.25) is 0 Å². The van der Waals surface area contributed by atoms with Gasteiger partial charge in [-0.25, -0.2) is 13.8 Å². The lowest BCUT2D eigenvalue weighted by Gasteiger charge is -2.06. The van der Waals surface area contributed by atoms with Gasteiger partial charge >= 0.3 is 0 Å². The van der Waals surface area contributed by atoms with E-state index in [1.165, 1.54) is 18.3 Å². The van der Waals surface area contributed by atoms with Crippen LogP contribution in [-0.4, -0.2) is 16.0 Å². The third-order valence-corrected chi connectivity index (χ3v) is 2.20. The van der Waals surface area contributed by atoms with Gasteiger partial charge in [0.1, 0.15) is 0 Å². The maximum absolute atomic E-state index is 12.9. The van der Waals surface area contributed by atoms with Crippen LogP contribution < -0.4 is 5.32 Å². The molecule has 0 aliphatic heterocycles. The highest BCUT2D eigenvalue weighted by atomic mass is 19.2. The molecule has 1 aromatic carbocycles. The molecule has 1 amide bonds. The first-order chi connectivity index (χ1) is 8.58. The second-order valence-corrected chi connectivity index (χ2v) is 3.45. The van der Waals surface area contributed by atoms with Crippen LogP contribution >= 0.6 is 0 Å². The van der Waals surface area contributed by atoms with E-state index in [2.05, 4.69) is 10.3 Å². The fourth-order valence-corrected chi connectivity index (χ4v) is 1.31. The van der Waals surface area contributed by atoms with Gasteiger partial charge in [0.15, 0.2) is 23.2 Å². The van der Waals surface area contributed by atoms with Crippen molar-refractivity contribution in [2.24, 2.45) is 0 Å². The minimum Gasteiger partial charge on any atom is -0.504 e. The lowest BCUT2D eigenvalue weighted by Crippen LogP contribution is -2.13. The van der Waals surface area contributed by atoms with Crippen molar-refractivity contribution in [3.8, 4) is 5.75 Å². The summed E-state index contributed by atoms with van der Waals surface area (Å²) in [6.07, 6.45) is 1.38. The normalized spacial score (nSPS) is 10.1. The molecule has 92 valence electrons. The molecule has 0 atom stereocenters. The van der Waals surface area contributed by atoms with Gasteiger partial charge in [-0.1, -0.05) is 0 Å². The Balaban J connectivity index is 2.22. The van der Waals surface area contributed by atoms with E-state index in [9.17, 15) is 18.7 Å². The van der Waals surface area contributed by atoms with E-state index in [4.69, 9.17) is 0 Å². The fraction of sp³-hybridized carbons (Fsp3) is 0. The number of pyridine rings is 1. The third kappa shape index (κ3) is 2.42. The minimum atomic E-state index is -1.12. The molecule has 2 aromatic rings. The number of nitrogens with zero attached hydrogens (tertiary/aromatic N) is 1. The Morgan fingerprint density at radius 2 is 2.00 bits per heavy atom. The van der Waals surface area contributed by atoms with E-state index in [0.29, 0.717) is 0 Å². The lowest BCUT2D eigenvalue weighted by molar-refractivity contribution is 0.102. The van der Waals surface area contributed by atoms with Gasteiger partial charge in [-0.05, 0) is 30.3 Å². The molecule has 4 nitrogen and oxygen atoms in total. The summed E-state index contributed by atoms with van der Waals surface area (Å²) in [5.74, 6) is -3.11. The van der Waals surface area contributed by atoms with Gasteiger partial charge in [-0.2, -0.15) is 0 Å². The number of amides is 1. The maximum atomic E-state index is 12.9. The number of rotatable bonds is 2. The van der Waals surface area contributed by atoms with Crippen molar-refractivity contribution in [1.29, 1.82) is 0 Å². The van der Waals surface area contributed by atoms with Crippen molar-refractivity contribution >= 4 is 11.7 Å². The highest BCUT2D eigenvalue weighted by Gasteiger charge is 2.12. The van der Waals surface area contributed by atoms with E-state index in [1.807, 2.05) is 0 Å². The summed E-state index contributed by atoms with van der Waals surface area (Å²) in [4.78, 5) is 15.4. The molecule has 2 rings (SSSR count). The molecule has 1 aromatic heterocycles. The Kier molecular flexibility index (Phi) is 3.18. The summed E-state index contributed by atoms with van der Waals surface area (Å²) in [6.45, 7) is 0. The maximum Gasteiger partial charge on any atom is 0.257 e. The van der Waals surface area contributed by atoms with Gasteiger partial charge in [0, 0.05) is 11.8 Å². The predicted octanol–water partition coefficient (Wildman–Crippen LogP) is 2.32. The van der Waals surface area contributed by atoms with Gasteiger partial charge in [0.2, 0.25) is 0 Å². The van der Waals surface area contributed by atoms with Crippen molar-refractivity contribution in [2.75, 3.05) is 5.32 Å². The average molecular weight is 250 g/mol. The summed E-state index contributed by atoms with van der Waals surface area (Å²) < 4.78 is 25.6. The second-order valence-electron chi connectivity index (χ2n) is 3.45. The standard InChI is InChI=1S/C12H8F2N2O2/c13-8-4-3-7(6-9(8)14)12(18)16-11-10(17)2-1-5-15-11/h1-6,17H,(H,15,16,18). The van der Waals surface area contributed by atoms with E-state index < -0.39 is 17.5 Å². The number of anilines is 1. The number of hydrogen-bond acceptors (Lipinski definition) is 3. The first-order valence-corrected chi connectivity index (χ1v) is 4.98. The molecule has 0 aliphatic carbocycles. The highest BCUT2D eigenvalue weighted by Crippen LogP contribution is 2.19. The Morgan fingerprint density at radius 3 is 2.67 bits per heavy atom. The zero-order chi connectivity index (χ0) is 13.1. The van der Waals surface area contributed by atoms with Crippen molar-refractivity contribution in [1.82, 2.24) is 4.98 Å². The Bertz CT molecular complexity index is 602. The molecule has 0 bridgehead atoms. The van der Waals surface area contributed by atoms with Crippen molar-refractivity contribution in [3.05, 3.63) is 53.7 Å². The summed E-state index contributed by atoms with van der Waals surface area (Å²) in [7, 11) is 0. The SMILES string of the molecule is O=C(Nc1ncccc1O)c1ccc(F)c(F)c1. The summed E-state index contributed by atoms with van der Waals surface area (Å²) in [5, 5.41) is 11.7. The zero-order valence-electron chi connectivity index (χ0n) is 9.02. The number of aromatic nitrogens is 1. The molecule has 0 saturated heterocycles. The summed E-state index contributed by atoms with van der Waals surface area (Å²) >= 11 is 0. The monoisotopic (exact) mass is 250 g/mol. The smallest absolute Gasteiger partial charge is 0.257 e. The molecule has 1 heterocycles. The average Bonchev–Trinajstić information content (AvgIpc) is 2.35. The highest BCUT2D eigenvalue weighted by molar-refractivity contribution is 6.04. The van der Waals surface area contributed by atoms with Crippen LogP contribution in [0.5, 0.6) is 5.75 Å². The van der Waals surface area contributed by atoms with E-state index in [0.717, 1.165) is 18.2 Å². The van der Waals surface area contributed by atoms with E-state index >= 15 is 0 Å². The largest absolute Gasteiger partial charge is 0.504 e. The molecule has 2 N–H and O–H groups in total. The molecular formula is C12H8F2N2O2. The Hall–Kier alpha value is -2.50. The van der Waals surface area contributed by atoms with Gasteiger partial charge < -0.3 is 10.4 Å². The molecule has 18 heavy (non-hydrogen) atoms. The first-order valence-electron chi connectivity index (χ1n) is 4.98. The van der Waals surface area contributed by atoms with Crippen LogP contribution in [0.1, 0.15) is 10.4 Å². The Morgan fingerprint density at radius 1 is 1.22 bits per heavy atom. The summed E-state index contributed by atoms with van der Waals surface area (Å²) in [6, 6.07) is 5.58. The van der Waals surface area contributed by atoms with Crippen LogP contribution in [0.4, 0.5) is 14.6 Å². The molecule has 0 saturated carbocycles. The molecule has 0 spiro atoms. The second kappa shape index (κ2) is 4.79. The van der Waals surface area contributed by atoms with Crippen LogP contribution in [0.25, 0.3) is 0 Å². The zero-order valence-corrected chi connectivity index (χ0v) is 9.02. The third-order valence-electron chi connectivity index (χ3n) is 2.20. The van der Waals surface area contributed by atoms with E-state index in [-0.39, 0.29) is 17.1 Å². The Labute approximate surface area is 101 Å². The molecule has 0 radical (unpaired) electrons. The number of carbonyl (C=O) groups is 1. The molecule has 6 heteroatoms. The number of nitrogens with one attached hydrogen (secondary N) is 1. The van der Waals surface area contributed by atoms with Crippen molar-refractivity contribution in [2.45, 2.75) is 0 Å². The number of hydrogen-bond donors (Lipinski definition) is 2. The van der Waals surface area contributed by atoms with Gasteiger partial charge in [-0.3, -0.25) is 4.79 Å². The van der Waals surface area contributed by atoms with Gasteiger partial charge in [0.25, 0.3) is 5.91 Å². The number of halogens is 2. The van der Waals surface area contributed by atoms with Crippen molar-refractivity contribution < 1.29 is 18.7 Å². The molecular weight excluding hydrogens is 242 g/mol. The minimum absolute atomic E-state index is 0.0489. The fourth-order valence-electron chi connectivity index (χ4n) is 1.31.